The summed E-state index contributed by atoms with van der Waals surface area (Å²) < 4.78 is 39.9. The fourth-order valence-corrected chi connectivity index (χ4v) is 3.04. The molecule has 2 aromatic rings. The number of benzene rings is 1. The predicted molar refractivity (Wildman–Crippen MR) is 82.3 cm³/mol. The third-order valence-electron chi connectivity index (χ3n) is 3.31. The minimum absolute atomic E-state index is 0.122. The van der Waals surface area contributed by atoms with Gasteiger partial charge < -0.3 is 10.2 Å². The third kappa shape index (κ3) is 3.09. The molecule has 1 aromatic carbocycles. The Morgan fingerprint density at radius 2 is 2.00 bits per heavy atom. The van der Waals surface area contributed by atoms with Gasteiger partial charge in [0.05, 0.1) is 24.3 Å². The number of nitrogens with one attached hydrogen (secondary N) is 1. The fourth-order valence-electron chi connectivity index (χ4n) is 2.35. The molecule has 0 radical (unpaired) electrons. The molecule has 3 rings (SSSR count). The van der Waals surface area contributed by atoms with Crippen LogP contribution >= 0.6 is 11.3 Å². The van der Waals surface area contributed by atoms with E-state index in [1.165, 1.54) is 23.5 Å². The Balaban J connectivity index is 2.02. The smallest absolute Gasteiger partial charge is 0.354 e. The number of nitrogens with zero attached hydrogens (tertiary/aromatic N) is 2. The van der Waals surface area contributed by atoms with Crippen LogP contribution in [0.5, 0.6) is 0 Å². The summed E-state index contributed by atoms with van der Waals surface area (Å²) in [6, 6.07) is 9.40. The molecule has 3 nitrogen and oxygen atoms in total. The summed E-state index contributed by atoms with van der Waals surface area (Å²) in [6.07, 6.45) is -4.40. The second-order valence-electron chi connectivity index (χ2n) is 4.81. The van der Waals surface area contributed by atoms with E-state index in [-0.39, 0.29) is 5.69 Å². The minimum atomic E-state index is -4.40. The summed E-state index contributed by atoms with van der Waals surface area (Å²) >= 11 is 1.51. The van der Waals surface area contributed by atoms with E-state index in [2.05, 4.69) is 10.3 Å². The van der Waals surface area contributed by atoms with Gasteiger partial charge in [0, 0.05) is 11.4 Å². The maximum absolute atomic E-state index is 13.3. The molecule has 22 heavy (non-hydrogen) atoms. The highest BCUT2D eigenvalue weighted by atomic mass is 32.1. The Kier molecular flexibility index (Phi) is 4.06. The minimum Gasteiger partial charge on any atom is -0.354 e. The van der Waals surface area contributed by atoms with E-state index in [1.807, 2.05) is 17.5 Å². The number of halogens is 3. The Hall–Kier alpha value is -2.02. The largest absolute Gasteiger partial charge is 0.418 e. The van der Waals surface area contributed by atoms with E-state index in [1.54, 1.807) is 11.0 Å². The first-order chi connectivity index (χ1) is 10.6. The molecular formula is C15H14F3N3S. The number of hydrogen-bond acceptors (Lipinski definition) is 4. The molecule has 1 aromatic heterocycles. The van der Waals surface area contributed by atoms with Gasteiger partial charge in [0.15, 0.2) is 5.96 Å². The van der Waals surface area contributed by atoms with Gasteiger partial charge in [-0.3, -0.25) is 4.99 Å². The van der Waals surface area contributed by atoms with Gasteiger partial charge in [0.25, 0.3) is 0 Å². The lowest BCUT2D eigenvalue weighted by Crippen LogP contribution is -2.39. The van der Waals surface area contributed by atoms with Gasteiger partial charge in [0.2, 0.25) is 0 Å². The predicted octanol–water partition coefficient (Wildman–Crippen LogP) is 3.73. The van der Waals surface area contributed by atoms with Crippen molar-refractivity contribution in [1.82, 2.24) is 5.32 Å². The SMILES string of the molecule is FC(F)(F)c1ccccc1N(Cc1cccs1)C1=NCCN1. The van der Waals surface area contributed by atoms with Crippen molar-refractivity contribution >= 4 is 23.0 Å². The van der Waals surface area contributed by atoms with E-state index in [0.717, 1.165) is 10.9 Å². The Morgan fingerprint density at radius 1 is 1.18 bits per heavy atom. The van der Waals surface area contributed by atoms with Gasteiger partial charge in [-0.05, 0) is 23.6 Å². The number of alkyl halides is 3. The first-order valence-electron chi connectivity index (χ1n) is 6.80. The van der Waals surface area contributed by atoms with E-state index in [0.29, 0.717) is 25.6 Å². The van der Waals surface area contributed by atoms with Gasteiger partial charge in [-0.25, -0.2) is 0 Å². The van der Waals surface area contributed by atoms with Gasteiger partial charge in [-0.1, -0.05) is 18.2 Å². The van der Waals surface area contributed by atoms with Crippen molar-refractivity contribution in [1.29, 1.82) is 0 Å². The highest BCUT2D eigenvalue weighted by molar-refractivity contribution is 7.09. The van der Waals surface area contributed by atoms with Crippen molar-refractivity contribution in [3.63, 3.8) is 0 Å². The monoisotopic (exact) mass is 325 g/mol. The molecule has 0 spiro atoms. The highest BCUT2D eigenvalue weighted by Crippen LogP contribution is 2.37. The second kappa shape index (κ2) is 6.00. The average molecular weight is 325 g/mol. The van der Waals surface area contributed by atoms with Crippen LogP contribution in [0.1, 0.15) is 10.4 Å². The van der Waals surface area contributed by atoms with Crippen LogP contribution in [0.25, 0.3) is 0 Å². The lowest BCUT2D eigenvalue weighted by atomic mass is 10.1. The van der Waals surface area contributed by atoms with Crippen LogP contribution in [-0.4, -0.2) is 19.0 Å². The standard InChI is InChI=1S/C15H14F3N3S/c16-15(17,18)12-5-1-2-6-13(12)21(14-19-7-8-20-14)10-11-4-3-9-22-11/h1-6,9H,7-8,10H2,(H,19,20). The van der Waals surface area contributed by atoms with Crippen molar-refractivity contribution in [3.05, 3.63) is 52.2 Å². The number of para-hydroxylation sites is 1. The first kappa shape index (κ1) is 14.9. The van der Waals surface area contributed by atoms with Crippen LogP contribution in [0, 0.1) is 0 Å². The van der Waals surface area contributed by atoms with Crippen molar-refractivity contribution < 1.29 is 13.2 Å². The maximum Gasteiger partial charge on any atom is 0.418 e. The number of rotatable bonds is 3. The van der Waals surface area contributed by atoms with E-state index in [9.17, 15) is 13.2 Å². The summed E-state index contributed by atoms with van der Waals surface area (Å²) in [7, 11) is 0. The van der Waals surface area contributed by atoms with Crippen LogP contribution in [0.4, 0.5) is 18.9 Å². The van der Waals surface area contributed by atoms with Crippen molar-refractivity contribution in [2.75, 3.05) is 18.0 Å². The molecule has 1 aliphatic heterocycles. The molecule has 0 atom stereocenters. The number of hydrogen-bond donors (Lipinski definition) is 1. The molecule has 0 fully saturated rings. The van der Waals surface area contributed by atoms with Crippen molar-refractivity contribution in [2.24, 2.45) is 4.99 Å². The molecule has 116 valence electrons. The average Bonchev–Trinajstić information content (AvgIpc) is 3.17. The summed E-state index contributed by atoms with van der Waals surface area (Å²) in [4.78, 5) is 6.86. The molecular weight excluding hydrogens is 311 g/mol. The Bertz CT molecular complexity index is 665. The van der Waals surface area contributed by atoms with Crippen LogP contribution in [0.15, 0.2) is 46.8 Å². The number of anilines is 1. The zero-order valence-corrected chi connectivity index (χ0v) is 12.4. The summed E-state index contributed by atoms with van der Waals surface area (Å²) in [5, 5.41) is 4.97. The summed E-state index contributed by atoms with van der Waals surface area (Å²) in [6.45, 7) is 1.57. The van der Waals surface area contributed by atoms with E-state index < -0.39 is 11.7 Å². The fraction of sp³-hybridized carbons (Fsp3) is 0.267. The van der Waals surface area contributed by atoms with Crippen LogP contribution in [-0.2, 0) is 12.7 Å². The molecule has 1 N–H and O–H groups in total. The molecule has 0 saturated carbocycles. The maximum atomic E-state index is 13.3. The van der Waals surface area contributed by atoms with Crippen LogP contribution in [0.2, 0.25) is 0 Å². The number of thiophene rings is 1. The zero-order valence-electron chi connectivity index (χ0n) is 11.6. The van der Waals surface area contributed by atoms with Crippen molar-refractivity contribution in [3.8, 4) is 0 Å². The Labute approximate surface area is 130 Å². The topological polar surface area (TPSA) is 27.6 Å². The quantitative estimate of drug-likeness (QED) is 0.931. The molecule has 7 heteroatoms. The van der Waals surface area contributed by atoms with Gasteiger partial charge in [-0.2, -0.15) is 13.2 Å². The molecule has 0 saturated heterocycles. The van der Waals surface area contributed by atoms with E-state index >= 15 is 0 Å². The van der Waals surface area contributed by atoms with E-state index in [4.69, 9.17) is 0 Å². The molecule has 0 bridgehead atoms. The summed E-state index contributed by atoms with van der Waals surface area (Å²) in [5.41, 5.74) is -0.528. The molecule has 0 amide bonds. The molecule has 1 aliphatic rings. The molecule has 0 aliphatic carbocycles. The molecule has 0 unspecified atom stereocenters. The van der Waals surface area contributed by atoms with Gasteiger partial charge in [0.1, 0.15) is 0 Å². The van der Waals surface area contributed by atoms with Crippen LogP contribution < -0.4 is 10.2 Å². The Morgan fingerprint density at radius 3 is 2.64 bits per heavy atom. The third-order valence-corrected chi connectivity index (χ3v) is 4.17. The first-order valence-corrected chi connectivity index (χ1v) is 7.68. The summed E-state index contributed by atoms with van der Waals surface area (Å²) in [5.74, 6) is 0.491. The van der Waals surface area contributed by atoms with Crippen LogP contribution in [0.3, 0.4) is 0 Å². The van der Waals surface area contributed by atoms with Gasteiger partial charge >= 0.3 is 6.18 Å². The second-order valence-corrected chi connectivity index (χ2v) is 5.84. The normalized spacial score (nSPS) is 14.6. The lowest BCUT2D eigenvalue weighted by molar-refractivity contribution is -0.137. The molecule has 2 heterocycles. The van der Waals surface area contributed by atoms with Gasteiger partial charge in [-0.15, -0.1) is 11.3 Å². The van der Waals surface area contributed by atoms with Crippen molar-refractivity contribution in [2.45, 2.75) is 12.7 Å². The zero-order chi connectivity index (χ0) is 15.6. The lowest BCUT2D eigenvalue weighted by Gasteiger charge is -2.27. The number of aliphatic imine (C=N–C) groups is 1. The number of guanidine groups is 1. The highest BCUT2D eigenvalue weighted by Gasteiger charge is 2.35.